The summed E-state index contributed by atoms with van der Waals surface area (Å²) in [5.41, 5.74) is -1.14. The van der Waals surface area contributed by atoms with E-state index < -0.39 is 17.4 Å². The van der Waals surface area contributed by atoms with Crippen LogP contribution in [-0.2, 0) is 9.59 Å². The molecule has 2 unspecified atom stereocenters. The Balaban J connectivity index is 2.30. The molecule has 17 heavy (non-hydrogen) atoms. The second-order valence-corrected chi connectivity index (χ2v) is 5.53. The Labute approximate surface area is 101 Å². The number of carbonyl (C=O) groups is 3. The predicted molar refractivity (Wildman–Crippen MR) is 61.0 cm³/mol. The van der Waals surface area contributed by atoms with E-state index in [1.165, 1.54) is 4.90 Å². The van der Waals surface area contributed by atoms with E-state index in [2.05, 4.69) is 5.32 Å². The highest BCUT2D eigenvalue weighted by molar-refractivity contribution is 6.18. The van der Waals surface area contributed by atoms with Gasteiger partial charge in [-0.2, -0.15) is 0 Å². The third kappa shape index (κ3) is 1.73. The molecule has 94 valence electrons. The lowest BCUT2D eigenvalue weighted by Gasteiger charge is -2.39. The number of barbiturate groups is 1. The Morgan fingerprint density at radius 3 is 2.41 bits per heavy atom. The molecule has 1 aliphatic heterocycles. The molecule has 5 heteroatoms. The summed E-state index contributed by atoms with van der Waals surface area (Å²) in [5, 5.41) is 2.27. The standard InChI is InChI=1S/C12H18N2O3/c1-7-5-4-6-8(7)14-10(16)12(2,3)9(15)13-11(14)17/h7-8H,4-6H2,1-3H3,(H,13,15,17). The summed E-state index contributed by atoms with van der Waals surface area (Å²) in [7, 11) is 0. The van der Waals surface area contributed by atoms with E-state index in [4.69, 9.17) is 0 Å². The molecule has 1 saturated carbocycles. The summed E-state index contributed by atoms with van der Waals surface area (Å²) in [6.45, 7) is 5.16. The van der Waals surface area contributed by atoms with Gasteiger partial charge in [0.25, 0.3) is 0 Å². The van der Waals surface area contributed by atoms with Crippen LogP contribution >= 0.6 is 0 Å². The van der Waals surface area contributed by atoms with Crippen molar-refractivity contribution in [3.05, 3.63) is 0 Å². The van der Waals surface area contributed by atoms with Crippen LogP contribution in [0.5, 0.6) is 0 Å². The summed E-state index contributed by atoms with van der Waals surface area (Å²) >= 11 is 0. The quantitative estimate of drug-likeness (QED) is 0.700. The van der Waals surface area contributed by atoms with Gasteiger partial charge in [0, 0.05) is 6.04 Å². The topological polar surface area (TPSA) is 66.5 Å². The smallest absolute Gasteiger partial charge is 0.277 e. The average Bonchev–Trinajstić information content (AvgIpc) is 2.63. The number of hydrogen-bond donors (Lipinski definition) is 1. The Bertz CT molecular complexity index is 389. The van der Waals surface area contributed by atoms with Crippen LogP contribution < -0.4 is 5.32 Å². The van der Waals surface area contributed by atoms with Gasteiger partial charge in [0.15, 0.2) is 0 Å². The number of hydrogen-bond acceptors (Lipinski definition) is 3. The van der Waals surface area contributed by atoms with Crippen molar-refractivity contribution in [3.63, 3.8) is 0 Å². The Morgan fingerprint density at radius 1 is 1.24 bits per heavy atom. The van der Waals surface area contributed by atoms with Crippen LogP contribution in [0.25, 0.3) is 0 Å². The van der Waals surface area contributed by atoms with E-state index in [0.717, 1.165) is 19.3 Å². The normalized spacial score (nSPS) is 32.9. The minimum atomic E-state index is -1.14. The van der Waals surface area contributed by atoms with Gasteiger partial charge in [-0.05, 0) is 32.6 Å². The molecule has 1 N–H and O–H groups in total. The Kier molecular flexibility index (Phi) is 2.72. The SMILES string of the molecule is CC1CCCC1N1C(=O)NC(=O)C(C)(C)C1=O. The molecule has 1 saturated heterocycles. The van der Waals surface area contributed by atoms with Crippen LogP contribution in [0.1, 0.15) is 40.0 Å². The van der Waals surface area contributed by atoms with Gasteiger partial charge in [0.1, 0.15) is 5.41 Å². The van der Waals surface area contributed by atoms with Crippen LogP contribution in [0.4, 0.5) is 4.79 Å². The van der Waals surface area contributed by atoms with Gasteiger partial charge >= 0.3 is 6.03 Å². The minimum absolute atomic E-state index is 0.0603. The summed E-state index contributed by atoms with van der Waals surface area (Å²) < 4.78 is 0. The molecular formula is C12H18N2O3. The molecule has 1 heterocycles. The first-order chi connectivity index (χ1) is 7.85. The molecule has 0 radical (unpaired) electrons. The third-order valence-corrected chi connectivity index (χ3v) is 3.91. The molecule has 5 nitrogen and oxygen atoms in total. The lowest BCUT2D eigenvalue weighted by atomic mass is 9.87. The lowest BCUT2D eigenvalue weighted by Crippen LogP contribution is -2.64. The third-order valence-electron chi connectivity index (χ3n) is 3.91. The van der Waals surface area contributed by atoms with E-state index >= 15 is 0 Å². The number of urea groups is 1. The fourth-order valence-corrected chi connectivity index (χ4v) is 2.61. The predicted octanol–water partition coefficient (Wildman–Crippen LogP) is 1.28. The average molecular weight is 238 g/mol. The number of imide groups is 2. The highest BCUT2D eigenvalue weighted by atomic mass is 16.2. The van der Waals surface area contributed by atoms with Crippen LogP contribution in [0, 0.1) is 11.3 Å². The van der Waals surface area contributed by atoms with Crippen molar-refractivity contribution in [2.75, 3.05) is 0 Å². The van der Waals surface area contributed by atoms with E-state index in [1.807, 2.05) is 6.92 Å². The Hall–Kier alpha value is -1.39. The number of carbonyl (C=O) groups excluding carboxylic acids is 3. The van der Waals surface area contributed by atoms with Crippen molar-refractivity contribution < 1.29 is 14.4 Å². The molecule has 2 rings (SSSR count). The minimum Gasteiger partial charge on any atom is -0.277 e. The van der Waals surface area contributed by atoms with Gasteiger partial charge in [0.2, 0.25) is 11.8 Å². The number of rotatable bonds is 1. The van der Waals surface area contributed by atoms with Crippen molar-refractivity contribution in [2.45, 2.75) is 46.1 Å². The molecule has 0 aromatic carbocycles. The highest BCUT2D eigenvalue weighted by Gasteiger charge is 2.50. The maximum absolute atomic E-state index is 12.2. The van der Waals surface area contributed by atoms with Gasteiger partial charge in [0.05, 0.1) is 0 Å². The molecule has 2 aliphatic rings. The van der Waals surface area contributed by atoms with Gasteiger partial charge < -0.3 is 0 Å². The van der Waals surface area contributed by atoms with Gasteiger partial charge in [-0.15, -0.1) is 0 Å². The Morgan fingerprint density at radius 2 is 1.88 bits per heavy atom. The van der Waals surface area contributed by atoms with E-state index in [-0.39, 0.29) is 11.9 Å². The molecule has 4 amide bonds. The fraction of sp³-hybridized carbons (Fsp3) is 0.750. The summed E-state index contributed by atoms with van der Waals surface area (Å²) in [6, 6.07) is -0.618. The van der Waals surface area contributed by atoms with Gasteiger partial charge in [-0.25, -0.2) is 4.79 Å². The van der Waals surface area contributed by atoms with Crippen LogP contribution in [-0.4, -0.2) is 28.8 Å². The molecule has 2 atom stereocenters. The zero-order chi connectivity index (χ0) is 12.8. The zero-order valence-electron chi connectivity index (χ0n) is 10.4. The summed E-state index contributed by atoms with van der Waals surface area (Å²) in [4.78, 5) is 36.9. The zero-order valence-corrected chi connectivity index (χ0v) is 10.4. The van der Waals surface area contributed by atoms with Crippen molar-refractivity contribution in [1.29, 1.82) is 0 Å². The number of nitrogens with zero attached hydrogens (tertiary/aromatic N) is 1. The van der Waals surface area contributed by atoms with Crippen molar-refractivity contribution in [3.8, 4) is 0 Å². The van der Waals surface area contributed by atoms with Gasteiger partial charge in [-0.3, -0.25) is 19.8 Å². The molecule has 0 spiro atoms. The number of amides is 4. The fourth-order valence-electron chi connectivity index (χ4n) is 2.61. The van der Waals surface area contributed by atoms with Gasteiger partial charge in [-0.1, -0.05) is 13.3 Å². The largest absolute Gasteiger partial charge is 0.331 e. The van der Waals surface area contributed by atoms with E-state index in [0.29, 0.717) is 5.92 Å². The maximum atomic E-state index is 12.2. The van der Waals surface area contributed by atoms with E-state index in [1.54, 1.807) is 13.8 Å². The monoisotopic (exact) mass is 238 g/mol. The lowest BCUT2D eigenvalue weighted by molar-refractivity contribution is -0.150. The maximum Gasteiger partial charge on any atom is 0.331 e. The molecule has 0 aromatic heterocycles. The van der Waals surface area contributed by atoms with Crippen LogP contribution in [0.15, 0.2) is 0 Å². The second kappa shape index (κ2) is 3.82. The molecule has 0 bridgehead atoms. The first-order valence-corrected chi connectivity index (χ1v) is 6.04. The molecule has 0 aromatic rings. The van der Waals surface area contributed by atoms with Crippen molar-refractivity contribution in [2.24, 2.45) is 11.3 Å². The second-order valence-electron chi connectivity index (χ2n) is 5.53. The molecule has 1 aliphatic carbocycles. The highest BCUT2D eigenvalue weighted by Crippen LogP contribution is 2.34. The summed E-state index contributed by atoms with van der Waals surface area (Å²) in [6.07, 6.45) is 2.89. The van der Waals surface area contributed by atoms with Crippen LogP contribution in [0.2, 0.25) is 0 Å². The molecular weight excluding hydrogens is 220 g/mol. The van der Waals surface area contributed by atoms with Crippen LogP contribution in [0.3, 0.4) is 0 Å². The first-order valence-electron chi connectivity index (χ1n) is 6.04. The van der Waals surface area contributed by atoms with Crippen molar-refractivity contribution >= 4 is 17.8 Å². The van der Waals surface area contributed by atoms with E-state index in [9.17, 15) is 14.4 Å². The first kappa shape index (κ1) is 12.1. The summed E-state index contributed by atoms with van der Waals surface area (Å²) in [5.74, 6) is -0.562. The molecule has 2 fully saturated rings. The van der Waals surface area contributed by atoms with Crippen molar-refractivity contribution in [1.82, 2.24) is 10.2 Å². The number of nitrogens with one attached hydrogen (secondary N) is 1.